The van der Waals surface area contributed by atoms with Crippen LogP contribution in [0.2, 0.25) is 0 Å². The molecule has 1 aromatic carbocycles. The van der Waals surface area contributed by atoms with Gasteiger partial charge in [0.05, 0.1) is 16.6 Å². The molecule has 16 heavy (non-hydrogen) atoms. The van der Waals surface area contributed by atoms with E-state index in [1.165, 1.54) is 18.5 Å². The number of nitrogens with zero attached hydrogens (tertiary/aromatic N) is 2. The molecule has 0 saturated carbocycles. The largest absolute Gasteiger partial charge is 0.393 e. The number of nitrogens with one attached hydrogen (secondary N) is 1. The molecule has 0 atom stereocenters. The number of rotatable bonds is 2. The van der Waals surface area contributed by atoms with Crippen LogP contribution in [0.1, 0.15) is 0 Å². The van der Waals surface area contributed by atoms with Crippen LogP contribution in [0.25, 0.3) is 11.4 Å². The van der Waals surface area contributed by atoms with Crippen LogP contribution in [0.4, 0.5) is 15.8 Å². The van der Waals surface area contributed by atoms with Crippen LogP contribution < -0.4 is 5.73 Å². The number of nitrogen functional groups attached to an aromatic ring is 1. The number of hydrogen-bond acceptors (Lipinski definition) is 4. The van der Waals surface area contributed by atoms with Crippen molar-refractivity contribution < 1.29 is 9.31 Å². The minimum atomic E-state index is -0.740. The highest BCUT2D eigenvalue weighted by atomic mass is 19.1. The van der Waals surface area contributed by atoms with Gasteiger partial charge >= 0.3 is 0 Å². The van der Waals surface area contributed by atoms with Crippen LogP contribution >= 0.6 is 0 Å². The van der Waals surface area contributed by atoms with E-state index >= 15 is 0 Å². The third-order valence-corrected chi connectivity index (χ3v) is 2.07. The molecule has 0 aliphatic heterocycles. The molecule has 0 spiro atoms. The first-order valence-electron chi connectivity index (χ1n) is 4.32. The molecule has 0 amide bonds. The zero-order valence-electron chi connectivity index (χ0n) is 7.98. The second kappa shape index (κ2) is 3.61. The minimum Gasteiger partial charge on any atom is -0.393 e. The molecule has 0 fully saturated rings. The first-order chi connectivity index (χ1) is 7.59. The van der Waals surface area contributed by atoms with Crippen molar-refractivity contribution in [2.45, 2.75) is 0 Å². The Morgan fingerprint density at radius 3 is 2.81 bits per heavy atom. The van der Waals surface area contributed by atoms with Crippen molar-refractivity contribution in [1.82, 2.24) is 9.97 Å². The summed E-state index contributed by atoms with van der Waals surface area (Å²) >= 11 is 0. The zero-order chi connectivity index (χ0) is 11.7. The van der Waals surface area contributed by atoms with Gasteiger partial charge in [-0.1, -0.05) is 0 Å². The highest BCUT2D eigenvalue weighted by molar-refractivity contribution is 5.69. The van der Waals surface area contributed by atoms with Crippen LogP contribution in [-0.2, 0) is 0 Å². The average molecular weight is 222 g/mol. The van der Waals surface area contributed by atoms with E-state index in [-0.39, 0.29) is 17.1 Å². The highest BCUT2D eigenvalue weighted by Crippen LogP contribution is 2.29. The maximum atomic E-state index is 13.5. The molecule has 0 unspecified atom stereocenters. The molecule has 6 nitrogen and oxygen atoms in total. The van der Waals surface area contributed by atoms with Gasteiger partial charge in [-0.3, -0.25) is 10.1 Å². The highest BCUT2D eigenvalue weighted by Gasteiger charge is 2.17. The smallest absolute Gasteiger partial charge is 0.295 e. The molecule has 7 heteroatoms. The van der Waals surface area contributed by atoms with Gasteiger partial charge in [-0.15, -0.1) is 0 Å². The number of aromatic nitrogens is 2. The first-order valence-corrected chi connectivity index (χ1v) is 4.32. The Kier molecular flexibility index (Phi) is 2.28. The second-order valence-corrected chi connectivity index (χ2v) is 3.09. The standard InChI is InChI=1S/C9H7FN4O2/c10-6-4-8(14(15)16)7(11)3-5(6)9-12-1-2-13-9/h1-4H,11H2,(H,12,13). The monoisotopic (exact) mass is 222 g/mol. The Morgan fingerprint density at radius 2 is 2.25 bits per heavy atom. The van der Waals surface area contributed by atoms with E-state index in [1.807, 2.05) is 0 Å². The van der Waals surface area contributed by atoms with Gasteiger partial charge in [-0.2, -0.15) is 0 Å². The first kappa shape index (κ1) is 10.1. The summed E-state index contributed by atoms with van der Waals surface area (Å²) in [4.78, 5) is 16.3. The molecule has 0 bridgehead atoms. The fourth-order valence-corrected chi connectivity index (χ4v) is 1.33. The number of nitro groups is 1. The molecule has 2 aromatic rings. The van der Waals surface area contributed by atoms with E-state index in [9.17, 15) is 14.5 Å². The Hall–Kier alpha value is -2.44. The summed E-state index contributed by atoms with van der Waals surface area (Å²) in [5.74, 6) is -0.463. The van der Waals surface area contributed by atoms with E-state index < -0.39 is 16.4 Å². The number of imidazole rings is 1. The van der Waals surface area contributed by atoms with Crippen LogP contribution in [0, 0.1) is 15.9 Å². The third kappa shape index (κ3) is 1.58. The summed E-state index contributed by atoms with van der Waals surface area (Å²) < 4.78 is 13.5. The molecule has 0 aliphatic carbocycles. The fourth-order valence-electron chi connectivity index (χ4n) is 1.33. The van der Waals surface area contributed by atoms with Crippen molar-refractivity contribution in [3.63, 3.8) is 0 Å². The van der Waals surface area contributed by atoms with Crippen LogP contribution in [0.15, 0.2) is 24.5 Å². The van der Waals surface area contributed by atoms with E-state index in [2.05, 4.69) is 9.97 Å². The zero-order valence-corrected chi connectivity index (χ0v) is 7.98. The average Bonchev–Trinajstić information content (AvgIpc) is 2.73. The molecule has 0 saturated heterocycles. The van der Waals surface area contributed by atoms with E-state index in [0.717, 1.165) is 6.07 Å². The molecule has 0 aliphatic rings. The number of anilines is 1. The van der Waals surface area contributed by atoms with Gasteiger partial charge < -0.3 is 10.7 Å². The summed E-state index contributed by atoms with van der Waals surface area (Å²) in [5.41, 5.74) is 5.00. The van der Waals surface area contributed by atoms with Gasteiger partial charge in [0, 0.05) is 12.4 Å². The van der Waals surface area contributed by atoms with Crippen molar-refractivity contribution in [2.75, 3.05) is 5.73 Å². The number of nitrogens with two attached hydrogens (primary N) is 1. The third-order valence-electron chi connectivity index (χ3n) is 2.07. The van der Waals surface area contributed by atoms with E-state index in [4.69, 9.17) is 5.73 Å². The number of H-pyrrole nitrogens is 1. The molecule has 2 rings (SSSR count). The van der Waals surface area contributed by atoms with Crippen molar-refractivity contribution in [3.8, 4) is 11.4 Å². The van der Waals surface area contributed by atoms with Crippen molar-refractivity contribution in [2.24, 2.45) is 0 Å². The summed E-state index contributed by atoms with van der Waals surface area (Å²) in [6, 6.07) is 1.97. The number of benzene rings is 1. The Morgan fingerprint density at radius 1 is 1.50 bits per heavy atom. The lowest BCUT2D eigenvalue weighted by Crippen LogP contribution is -1.98. The topological polar surface area (TPSA) is 97.8 Å². The SMILES string of the molecule is Nc1cc(-c2ncc[nH]2)c(F)cc1[N+](=O)[O-]. The van der Waals surface area contributed by atoms with Crippen molar-refractivity contribution >= 4 is 11.4 Å². The lowest BCUT2D eigenvalue weighted by molar-refractivity contribution is -0.384. The lowest BCUT2D eigenvalue weighted by Gasteiger charge is -2.02. The van der Waals surface area contributed by atoms with Gasteiger partial charge in [-0.05, 0) is 6.07 Å². The van der Waals surface area contributed by atoms with E-state index in [0.29, 0.717) is 0 Å². The summed E-state index contributed by atoms with van der Waals surface area (Å²) in [6.45, 7) is 0. The summed E-state index contributed by atoms with van der Waals surface area (Å²) in [7, 11) is 0. The predicted octanol–water partition coefficient (Wildman–Crippen LogP) is 1.71. The van der Waals surface area contributed by atoms with Crippen LogP contribution in [0.5, 0.6) is 0 Å². The van der Waals surface area contributed by atoms with Crippen molar-refractivity contribution in [3.05, 3.63) is 40.5 Å². The molecule has 82 valence electrons. The number of hydrogen-bond donors (Lipinski definition) is 2. The Labute approximate surface area is 89.1 Å². The van der Waals surface area contributed by atoms with Gasteiger partial charge in [-0.25, -0.2) is 9.37 Å². The van der Waals surface area contributed by atoms with Gasteiger partial charge in [0.25, 0.3) is 5.69 Å². The maximum absolute atomic E-state index is 13.5. The van der Waals surface area contributed by atoms with Crippen LogP contribution in [0.3, 0.4) is 0 Å². The molecule has 0 radical (unpaired) electrons. The maximum Gasteiger partial charge on any atom is 0.295 e. The van der Waals surface area contributed by atoms with Crippen LogP contribution in [-0.4, -0.2) is 14.9 Å². The number of nitro benzene ring substituents is 1. The molecular weight excluding hydrogens is 215 g/mol. The molecule has 3 N–H and O–H groups in total. The lowest BCUT2D eigenvalue weighted by atomic mass is 10.1. The normalized spacial score (nSPS) is 10.3. The van der Waals surface area contributed by atoms with Gasteiger partial charge in [0.1, 0.15) is 17.3 Å². The molecule has 1 heterocycles. The number of aromatic amines is 1. The second-order valence-electron chi connectivity index (χ2n) is 3.09. The fraction of sp³-hybridized carbons (Fsp3) is 0. The predicted molar refractivity (Wildman–Crippen MR) is 55.0 cm³/mol. The number of halogens is 1. The van der Waals surface area contributed by atoms with Gasteiger partial charge in [0.2, 0.25) is 0 Å². The Bertz CT molecular complexity index is 539. The molecular formula is C9H7FN4O2. The Balaban J connectivity index is 2.59. The van der Waals surface area contributed by atoms with Gasteiger partial charge in [0.15, 0.2) is 0 Å². The minimum absolute atomic E-state index is 0.0993. The summed E-state index contributed by atoms with van der Waals surface area (Å²) in [6.07, 6.45) is 2.97. The quantitative estimate of drug-likeness (QED) is 0.459. The molecule has 1 aromatic heterocycles. The van der Waals surface area contributed by atoms with Crippen molar-refractivity contribution in [1.29, 1.82) is 0 Å². The summed E-state index contributed by atoms with van der Waals surface area (Å²) in [5, 5.41) is 10.5. The van der Waals surface area contributed by atoms with E-state index in [1.54, 1.807) is 0 Å².